The molecule has 2 fully saturated rings. The molecule has 15 heteroatoms. The number of urea groups is 1. The Labute approximate surface area is 393 Å². The average Bonchev–Trinajstić information content (AvgIpc) is 4.23. The number of para-hydroxylation sites is 2. The minimum absolute atomic E-state index is 0.0281. The van der Waals surface area contributed by atoms with Gasteiger partial charge in [-0.1, -0.05) is 36.4 Å². The number of carbonyl (C=O) groups excluding carboxylic acids is 2. The monoisotopic (exact) mass is 908 g/mol. The third kappa shape index (κ3) is 7.63. The molecule has 4 aliphatic rings. The maximum Gasteiger partial charge on any atom is 0.318 e. The van der Waals surface area contributed by atoms with Gasteiger partial charge in [0.1, 0.15) is 12.1 Å². The highest BCUT2D eigenvalue weighted by atomic mass is 19.1. The van der Waals surface area contributed by atoms with E-state index in [2.05, 4.69) is 76.0 Å². The van der Waals surface area contributed by atoms with Gasteiger partial charge in [-0.05, 0) is 108 Å². The second-order valence-corrected chi connectivity index (χ2v) is 20.0. The first kappa shape index (κ1) is 43.2. The van der Waals surface area contributed by atoms with Crippen LogP contribution < -0.4 is 5.32 Å². The third-order valence-electron chi connectivity index (χ3n) is 14.8. The molecule has 6 aromatic heterocycles. The summed E-state index contributed by atoms with van der Waals surface area (Å²) in [6.45, 7) is 12.2. The summed E-state index contributed by atoms with van der Waals surface area (Å²) in [6.07, 6.45) is 12.0. The standard InChI is InChI=1S/C27H26FN5O.C26H27N7O/c1-26(2,23-8-7-20(28)16-30-23)25(34)32-11-9-27(17-32)10-12-33-24(27)14-22(31-33)19-13-18-5-3-4-6-21(18)29-15-19;1-25(2,22-7-10-27-17-29-22)30-24(34)32-11-8-26(16-32)9-12-33-23(26)14-21(31-33)19-13-18-5-3-4-6-20(18)28-15-19/h3-8,13-16H,9-12,17H2,1-2H3;3-7,10,13-15,17H,8-9,11-12,16H2,1-2H3,(H,30,34). The zero-order valence-corrected chi connectivity index (χ0v) is 38.7. The SMILES string of the molecule is CC(C)(C(=O)N1CCC2(CCn3nc(-c4cnc5ccccc5c4)cc32)C1)c1ccc(F)cn1.CC(C)(NC(=O)N1CCC2(CCn3nc(-c4cnc5ccccc5c4)cc32)C1)c1ccncn1. The lowest BCUT2D eigenvalue weighted by Gasteiger charge is -2.30. The number of hydrogen-bond acceptors (Lipinski definition) is 9. The quantitative estimate of drug-likeness (QED) is 0.174. The number of amides is 3. The highest BCUT2D eigenvalue weighted by Gasteiger charge is 2.50. The second kappa shape index (κ2) is 16.4. The molecule has 4 aliphatic heterocycles. The van der Waals surface area contributed by atoms with Crippen LogP contribution in [0.5, 0.6) is 0 Å². The molecular formula is C53H53FN12O2. The summed E-state index contributed by atoms with van der Waals surface area (Å²) in [6, 6.07) is 29.6. The largest absolute Gasteiger partial charge is 0.341 e. The van der Waals surface area contributed by atoms with Crippen molar-refractivity contribution in [3.8, 4) is 22.5 Å². The van der Waals surface area contributed by atoms with Crippen molar-refractivity contribution >= 4 is 33.7 Å². The van der Waals surface area contributed by atoms with Crippen molar-refractivity contribution in [2.45, 2.75) is 88.3 Å². The Morgan fingerprint density at radius 3 is 1.74 bits per heavy atom. The topological polar surface area (TPSA) is 153 Å². The molecule has 0 saturated carbocycles. The van der Waals surface area contributed by atoms with Gasteiger partial charge in [-0.3, -0.25) is 29.1 Å². The Morgan fingerprint density at radius 1 is 0.618 bits per heavy atom. The molecule has 0 aliphatic carbocycles. The smallest absolute Gasteiger partial charge is 0.318 e. The molecule has 12 rings (SSSR count). The number of likely N-dealkylation sites (tertiary alicyclic amines) is 2. The van der Waals surface area contributed by atoms with Gasteiger partial charge in [-0.15, -0.1) is 0 Å². The first-order valence-electron chi connectivity index (χ1n) is 23.4. The van der Waals surface area contributed by atoms with E-state index in [4.69, 9.17) is 10.2 Å². The molecule has 0 bridgehead atoms. The van der Waals surface area contributed by atoms with Gasteiger partial charge in [0.2, 0.25) is 5.91 Å². The number of fused-ring (bicyclic) bond motifs is 6. The molecule has 0 radical (unpaired) electrons. The van der Waals surface area contributed by atoms with Gasteiger partial charge >= 0.3 is 6.03 Å². The Bertz CT molecular complexity index is 3220. The molecule has 10 heterocycles. The number of nitrogens with one attached hydrogen (secondary N) is 1. The minimum atomic E-state index is -0.819. The number of aryl methyl sites for hydroxylation is 2. The van der Waals surface area contributed by atoms with Crippen molar-refractivity contribution in [2.75, 3.05) is 26.2 Å². The summed E-state index contributed by atoms with van der Waals surface area (Å²) in [5.41, 5.74) is 8.11. The molecule has 344 valence electrons. The summed E-state index contributed by atoms with van der Waals surface area (Å²) < 4.78 is 17.6. The number of rotatable bonds is 6. The van der Waals surface area contributed by atoms with Gasteiger partial charge in [0.25, 0.3) is 0 Å². The van der Waals surface area contributed by atoms with E-state index in [9.17, 15) is 14.0 Å². The molecule has 2 saturated heterocycles. The summed E-state index contributed by atoms with van der Waals surface area (Å²) >= 11 is 0. The molecule has 2 atom stereocenters. The fraction of sp³-hybridized carbons (Fsp3) is 0.340. The first-order chi connectivity index (χ1) is 32.8. The Kier molecular flexibility index (Phi) is 10.4. The maximum atomic E-state index is 13.5. The number of aromatic nitrogens is 9. The van der Waals surface area contributed by atoms with Crippen LogP contribution in [0.4, 0.5) is 9.18 Å². The van der Waals surface area contributed by atoms with E-state index >= 15 is 0 Å². The zero-order chi connectivity index (χ0) is 46.8. The highest BCUT2D eigenvalue weighted by molar-refractivity contribution is 5.87. The number of nitrogens with zero attached hydrogens (tertiary/aromatic N) is 11. The van der Waals surface area contributed by atoms with Crippen LogP contribution in [-0.2, 0) is 39.7 Å². The lowest BCUT2D eigenvalue weighted by molar-refractivity contribution is -0.135. The van der Waals surface area contributed by atoms with Gasteiger partial charge in [0.05, 0.1) is 51.0 Å². The van der Waals surface area contributed by atoms with E-state index in [1.807, 2.05) is 92.4 Å². The van der Waals surface area contributed by atoms with E-state index < -0.39 is 16.8 Å². The van der Waals surface area contributed by atoms with Gasteiger partial charge in [0.15, 0.2) is 0 Å². The van der Waals surface area contributed by atoms with E-state index in [0.29, 0.717) is 25.3 Å². The van der Waals surface area contributed by atoms with Crippen LogP contribution in [0.1, 0.15) is 76.2 Å². The fourth-order valence-corrected chi connectivity index (χ4v) is 10.9. The number of pyridine rings is 3. The number of benzene rings is 2. The van der Waals surface area contributed by atoms with Crippen molar-refractivity contribution in [1.82, 2.24) is 59.6 Å². The summed E-state index contributed by atoms with van der Waals surface area (Å²) in [5.74, 6) is -0.371. The van der Waals surface area contributed by atoms with Crippen molar-refractivity contribution in [3.63, 3.8) is 0 Å². The molecule has 2 spiro atoms. The van der Waals surface area contributed by atoms with E-state index in [-0.39, 0.29) is 22.8 Å². The summed E-state index contributed by atoms with van der Waals surface area (Å²) in [5, 5.41) is 15.2. The van der Waals surface area contributed by atoms with Crippen molar-refractivity contribution in [3.05, 3.63) is 151 Å². The van der Waals surface area contributed by atoms with Gasteiger partial charge in [0, 0.05) is 102 Å². The lowest BCUT2D eigenvalue weighted by atomic mass is 9.82. The van der Waals surface area contributed by atoms with Crippen LogP contribution in [-0.4, -0.2) is 92.4 Å². The highest BCUT2D eigenvalue weighted by Crippen LogP contribution is 2.46. The van der Waals surface area contributed by atoms with Crippen LogP contribution in [0.3, 0.4) is 0 Å². The molecule has 2 aromatic carbocycles. The predicted octanol–water partition coefficient (Wildman–Crippen LogP) is 8.36. The van der Waals surface area contributed by atoms with E-state index in [1.165, 1.54) is 30.0 Å². The van der Waals surface area contributed by atoms with Gasteiger partial charge in [-0.2, -0.15) is 10.2 Å². The second-order valence-electron chi connectivity index (χ2n) is 20.0. The van der Waals surface area contributed by atoms with Crippen LogP contribution in [0.2, 0.25) is 0 Å². The average molecular weight is 909 g/mol. The number of halogens is 1. The Balaban J connectivity index is 0.000000149. The molecule has 3 amide bonds. The number of hydrogen-bond donors (Lipinski definition) is 1. The van der Waals surface area contributed by atoms with Gasteiger partial charge in [-0.25, -0.2) is 19.2 Å². The lowest BCUT2D eigenvalue weighted by Crippen LogP contribution is -2.48. The normalized spacial score (nSPS) is 19.7. The third-order valence-corrected chi connectivity index (χ3v) is 14.8. The number of carbonyl (C=O) groups is 2. The van der Waals surface area contributed by atoms with Crippen molar-refractivity contribution in [2.24, 2.45) is 0 Å². The van der Waals surface area contributed by atoms with Crippen LogP contribution in [0.25, 0.3) is 44.3 Å². The van der Waals surface area contributed by atoms with Crippen LogP contribution in [0.15, 0.2) is 122 Å². The van der Waals surface area contributed by atoms with E-state index in [1.54, 1.807) is 12.3 Å². The first-order valence-corrected chi connectivity index (χ1v) is 23.4. The van der Waals surface area contributed by atoms with Crippen molar-refractivity contribution in [1.29, 1.82) is 0 Å². The molecular weight excluding hydrogens is 856 g/mol. The molecule has 14 nitrogen and oxygen atoms in total. The molecule has 68 heavy (non-hydrogen) atoms. The molecule has 8 aromatic rings. The van der Waals surface area contributed by atoms with Crippen molar-refractivity contribution < 1.29 is 14.0 Å². The fourth-order valence-electron chi connectivity index (χ4n) is 10.9. The predicted molar refractivity (Wildman–Crippen MR) is 257 cm³/mol. The maximum absolute atomic E-state index is 13.5. The van der Waals surface area contributed by atoms with Crippen LogP contribution in [0, 0.1) is 5.82 Å². The van der Waals surface area contributed by atoms with Gasteiger partial charge < -0.3 is 15.1 Å². The Morgan fingerprint density at radius 2 is 1.18 bits per heavy atom. The summed E-state index contributed by atoms with van der Waals surface area (Å²) in [4.78, 5) is 52.3. The molecule has 2 unspecified atom stereocenters. The van der Waals surface area contributed by atoms with Crippen LogP contribution >= 0.6 is 0 Å². The summed E-state index contributed by atoms with van der Waals surface area (Å²) in [7, 11) is 0. The minimum Gasteiger partial charge on any atom is -0.341 e. The zero-order valence-electron chi connectivity index (χ0n) is 38.7. The Hall–Kier alpha value is -7.42. The van der Waals surface area contributed by atoms with E-state index in [0.717, 1.165) is 95.3 Å². The molecule has 1 N–H and O–H groups in total.